The average molecular weight is 334 g/mol. The molecule has 0 radical (unpaired) electrons. The molecule has 0 saturated heterocycles. The van der Waals surface area contributed by atoms with E-state index in [-0.39, 0.29) is 22.8 Å². The lowest BCUT2D eigenvalue weighted by atomic mass is 9.93. The lowest BCUT2D eigenvalue weighted by Gasteiger charge is -2.17. The van der Waals surface area contributed by atoms with Crippen LogP contribution in [0, 0.1) is 5.92 Å². The van der Waals surface area contributed by atoms with Crippen molar-refractivity contribution >= 4 is 15.9 Å². The van der Waals surface area contributed by atoms with E-state index in [1.165, 1.54) is 0 Å². The third kappa shape index (κ3) is 4.42. The molecule has 124 valence electrons. The number of allylic oxidation sites excluding steroid dienone is 2. The first-order chi connectivity index (χ1) is 11.0. The number of nitrogens with one attached hydrogen (secondary N) is 2. The normalized spacial score (nSPS) is 21.1. The van der Waals surface area contributed by atoms with Gasteiger partial charge in [0.05, 0.1) is 4.90 Å². The minimum absolute atomic E-state index is 0.0578. The number of sulfonamides is 1. The number of hydrogen-bond donors (Lipinski definition) is 2. The van der Waals surface area contributed by atoms with Gasteiger partial charge in [-0.3, -0.25) is 4.79 Å². The molecule has 0 heterocycles. The first kappa shape index (κ1) is 16.2. The Morgan fingerprint density at radius 2 is 1.83 bits per heavy atom. The van der Waals surface area contributed by atoms with Gasteiger partial charge in [0.2, 0.25) is 15.9 Å². The maximum Gasteiger partial charge on any atom is 0.240 e. The van der Waals surface area contributed by atoms with Crippen LogP contribution in [0.25, 0.3) is 0 Å². The molecule has 1 aromatic rings. The van der Waals surface area contributed by atoms with Gasteiger partial charge < -0.3 is 5.32 Å². The Kier molecular flexibility index (Phi) is 4.82. The van der Waals surface area contributed by atoms with Crippen molar-refractivity contribution in [2.75, 3.05) is 0 Å². The second kappa shape index (κ2) is 6.84. The van der Waals surface area contributed by atoms with Crippen LogP contribution in [0.3, 0.4) is 0 Å². The fourth-order valence-corrected chi connectivity index (χ4v) is 3.95. The predicted molar refractivity (Wildman–Crippen MR) is 88.1 cm³/mol. The molecule has 6 heteroatoms. The Morgan fingerprint density at radius 3 is 2.43 bits per heavy atom. The van der Waals surface area contributed by atoms with Gasteiger partial charge in [-0.25, -0.2) is 13.1 Å². The van der Waals surface area contributed by atoms with Gasteiger partial charge in [-0.2, -0.15) is 0 Å². The zero-order chi connectivity index (χ0) is 16.3. The summed E-state index contributed by atoms with van der Waals surface area (Å²) in [4.78, 5) is 12.3. The van der Waals surface area contributed by atoms with E-state index in [9.17, 15) is 13.2 Å². The van der Waals surface area contributed by atoms with E-state index < -0.39 is 10.0 Å². The summed E-state index contributed by atoms with van der Waals surface area (Å²) < 4.78 is 26.8. The quantitative estimate of drug-likeness (QED) is 0.782. The summed E-state index contributed by atoms with van der Waals surface area (Å²) in [5.74, 6) is 0.129. The second-order valence-corrected chi connectivity index (χ2v) is 7.95. The Labute approximate surface area is 137 Å². The third-order valence-corrected chi connectivity index (χ3v) is 5.78. The van der Waals surface area contributed by atoms with Gasteiger partial charge in [-0.1, -0.05) is 24.3 Å². The fourth-order valence-electron chi connectivity index (χ4n) is 2.64. The summed E-state index contributed by atoms with van der Waals surface area (Å²) >= 11 is 0. The SMILES string of the molecule is O=C(NCc1ccc(S(=O)(=O)NC2CC2)cc1)[C@@H]1CC=CCC1. The topological polar surface area (TPSA) is 75.3 Å². The maximum absolute atomic E-state index is 12.1. The van der Waals surface area contributed by atoms with Crippen LogP contribution in [0.4, 0.5) is 0 Å². The highest BCUT2D eigenvalue weighted by molar-refractivity contribution is 7.89. The average Bonchev–Trinajstić information content (AvgIpc) is 3.37. The summed E-state index contributed by atoms with van der Waals surface area (Å²) in [5.41, 5.74) is 0.898. The standard InChI is InChI=1S/C17H22N2O3S/c20-17(14-4-2-1-3-5-14)18-12-13-6-10-16(11-7-13)23(21,22)19-15-8-9-15/h1-2,6-7,10-11,14-15,19H,3-5,8-9,12H2,(H,18,20)/t14-/m1/s1. The van der Waals surface area contributed by atoms with Crippen molar-refractivity contribution in [3.63, 3.8) is 0 Å². The van der Waals surface area contributed by atoms with E-state index in [1.807, 2.05) is 0 Å². The smallest absolute Gasteiger partial charge is 0.240 e. The molecule has 23 heavy (non-hydrogen) atoms. The molecule has 1 amide bonds. The third-order valence-electron chi connectivity index (χ3n) is 4.24. The molecule has 1 aromatic carbocycles. The Hall–Kier alpha value is -1.66. The van der Waals surface area contributed by atoms with Crippen molar-refractivity contribution in [2.24, 2.45) is 5.92 Å². The Morgan fingerprint density at radius 1 is 1.09 bits per heavy atom. The molecule has 2 N–H and O–H groups in total. The number of carbonyl (C=O) groups excluding carboxylic acids is 1. The highest BCUT2D eigenvalue weighted by Crippen LogP contribution is 2.22. The molecule has 5 nitrogen and oxygen atoms in total. The van der Waals surface area contributed by atoms with Crippen LogP contribution >= 0.6 is 0 Å². The zero-order valence-electron chi connectivity index (χ0n) is 13.0. The summed E-state index contributed by atoms with van der Waals surface area (Å²) in [6.45, 7) is 0.426. The first-order valence-corrected chi connectivity index (χ1v) is 9.57. The van der Waals surface area contributed by atoms with Crippen molar-refractivity contribution in [3.8, 4) is 0 Å². The van der Waals surface area contributed by atoms with Gasteiger partial charge in [-0.15, -0.1) is 0 Å². The molecule has 1 saturated carbocycles. The highest BCUT2D eigenvalue weighted by atomic mass is 32.2. The molecular formula is C17H22N2O3S. The van der Waals surface area contributed by atoms with Crippen LogP contribution in [-0.4, -0.2) is 20.4 Å². The summed E-state index contributed by atoms with van der Waals surface area (Å²) in [7, 11) is -3.41. The van der Waals surface area contributed by atoms with E-state index in [0.29, 0.717) is 6.54 Å². The number of amides is 1. The number of benzene rings is 1. The molecule has 0 aliphatic heterocycles. The molecule has 0 bridgehead atoms. The molecule has 0 unspecified atom stereocenters. The maximum atomic E-state index is 12.1. The Bertz CT molecular complexity index is 691. The van der Waals surface area contributed by atoms with E-state index in [1.54, 1.807) is 24.3 Å². The van der Waals surface area contributed by atoms with Crippen molar-refractivity contribution in [2.45, 2.75) is 49.6 Å². The number of rotatable bonds is 6. The van der Waals surface area contributed by atoms with Gasteiger partial charge in [0.25, 0.3) is 0 Å². The monoisotopic (exact) mass is 334 g/mol. The van der Waals surface area contributed by atoms with Crippen LogP contribution in [0.5, 0.6) is 0 Å². The lowest BCUT2D eigenvalue weighted by molar-refractivity contribution is -0.125. The Balaban J connectivity index is 1.55. The van der Waals surface area contributed by atoms with Crippen molar-refractivity contribution in [3.05, 3.63) is 42.0 Å². The molecule has 1 fully saturated rings. The van der Waals surface area contributed by atoms with Crippen molar-refractivity contribution < 1.29 is 13.2 Å². The van der Waals surface area contributed by atoms with Crippen molar-refractivity contribution in [1.29, 1.82) is 0 Å². The molecular weight excluding hydrogens is 312 g/mol. The van der Waals surface area contributed by atoms with E-state index in [0.717, 1.165) is 37.7 Å². The van der Waals surface area contributed by atoms with Crippen LogP contribution in [0.1, 0.15) is 37.7 Å². The highest BCUT2D eigenvalue weighted by Gasteiger charge is 2.27. The molecule has 1 atom stereocenters. The van der Waals surface area contributed by atoms with Gasteiger partial charge in [0.15, 0.2) is 0 Å². The predicted octanol–water partition coefficient (Wildman–Crippen LogP) is 2.10. The van der Waals surface area contributed by atoms with Crippen LogP contribution in [0.15, 0.2) is 41.3 Å². The van der Waals surface area contributed by atoms with Gasteiger partial charge in [0.1, 0.15) is 0 Å². The minimum atomic E-state index is -3.41. The fraction of sp³-hybridized carbons (Fsp3) is 0.471. The summed E-state index contributed by atoms with van der Waals surface area (Å²) in [6, 6.07) is 6.79. The van der Waals surface area contributed by atoms with Gasteiger partial charge in [0, 0.05) is 18.5 Å². The molecule has 2 aliphatic rings. The van der Waals surface area contributed by atoms with Crippen LogP contribution < -0.4 is 10.0 Å². The minimum Gasteiger partial charge on any atom is -0.352 e. The lowest BCUT2D eigenvalue weighted by Crippen LogP contribution is -2.30. The summed E-state index contributed by atoms with van der Waals surface area (Å²) in [5, 5.41) is 2.93. The zero-order valence-corrected chi connectivity index (χ0v) is 13.8. The molecule has 0 spiro atoms. The summed E-state index contributed by atoms with van der Waals surface area (Å²) in [6.07, 6.45) is 8.65. The molecule has 2 aliphatic carbocycles. The van der Waals surface area contributed by atoms with Crippen LogP contribution in [-0.2, 0) is 21.4 Å². The number of hydrogen-bond acceptors (Lipinski definition) is 3. The first-order valence-electron chi connectivity index (χ1n) is 8.08. The van der Waals surface area contributed by atoms with Crippen LogP contribution in [0.2, 0.25) is 0 Å². The molecule has 3 rings (SSSR count). The van der Waals surface area contributed by atoms with Gasteiger partial charge >= 0.3 is 0 Å². The van der Waals surface area contributed by atoms with E-state index in [2.05, 4.69) is 22.2 Å². The number of carbonyl (C=O) groups is 1. The largest absolute Gasteiger partial charge is 0.352 e. The van der Waals surface area contributed by atoms with Crippen molar-refractivity contribution in [1.82, 2.24) is 10.0 Å². The second-order valence-electron chi connectivity index (χ2n) is 6.24. The molecule has 0 aromatic heterocycles. The van der Waals surface area contributed by atoms with E-state index in [4.69, 9.17) is 0 Å². The van der Waals surface area contributed by atoms with E-state index >= 15 is 0 Å². The van der Waals surface area contributed by atoms with Gasteiger partial charge in [-0.05, 0) is 49.8 Å².